The molecule has 2 fully saturated rings. The summed E-state index contributed by atoms with van der Waals surface area (Å²) in [6.45, 7) is 5.67. The predicted molar refractivity (Wildman–Crippen MR) is 102 cm³/mol. The van der Waals surface area contributed by atoms with Crippen molar-refractivity contribution in [1.29, 1.82) is 0 Å². The smallest absolute Gasteiger partial charge is 0.309 e. The molecule has 142 valence electrons. The van der Waals surface area contributed by atoms with Crippen LogP contribution in [0.2, 0.25) is 0 Å². The molecule has 2 aliphatic rings. The summed E-state index contributed by atoms with van der Waals surface area (Å²) in [5.74, 6) is 0.355. The first-order valence-electron chi connectivity index (χ1n) is 9.92. The van der Waals surface area contributed by atoms with Gasteiger partial charge in [-0.25, -0.2) is 0 Å². The Bertz CT molecular complexity index is 643. The van der Waals surface area contributed by atoms with Crippen LogP contribution in [0.15, 0.2) is 24.3 Å². The third-order valence-electron chi connectivity index (χ3n) is 6.49. The van der Waals surface area contributed by atoms with Gasteiger partial charge in [0.15, 0.2) is 0 Å². The molecule has 4 heteroatoms. The first-order chi connectivity index (χ1) is 12.5. The van der Waals surface area contributed by atoms with E-state index >= 15 is 0 Å². The molecule has 0 N–H and O–H groups in total. The molecule has 0 spiro atoms. The van der Waals surface area contributed by atoms with Crippen LogP contribution < -0.4 is 0 Å². The van der Waals surface area contributed by atoms with Crippen LogP contribution in [0, 0.1) is 30.6 Å². The maximum atomic E-state index is 13.1. The summed E-state index contributed by atoms with van der Waals surface area (Å²) in [7, 11) is 1.41. The number of amides is 1. The van der Waals surface area contributed by atoms with Gasteiger partial charge in [0, 0.05) is 19.0 Å². The Morgan fingerprint density at radius 2 is 1.77 bits per heavy atom. The quantitative estimate of drug-likeness (QED) is 0.756. The highest BCUT2D eigenvalue weighted by Gasteiger charge is 2.40. The van der Waals surface area contributed by atoms with E-state index in [2.05, 4.69) is 0 Å². The van der Waals surface area contributed by atoms with Crippen LogP contribution in [0.5, 0.6) is 0 Å². The average molecular weight is 357 g/mol. The Morgan fingerprint density at radius 3 is 2.35 bits per heavy atom. The monoisotopic (exact) mass is 357 g/mol. The number of esters is 1. The van der Waals surface area contributed by atoms with Gasteiger partial charge in [-0.15, -0.1) is 0 Å². The zero-order chi connectivity index (χ0) is 18.7. The Hall–Kier alpha value is -1.84. The van der Waals surface area contributed by atoms with Crippen molar-refractivity contribution in [2.75, 3.05) is 20.2 Å². The molecule has 1 aliphatic carbocycles. The normalized spacial score (nSPS) is 24.7. The summed E-state index contributed by atoms with van der Waals surface area (Å²) in [5.41, 5.74) is 2.26. The SMILES string of the molecule is COC(=O)C(Cc1ccccc1C)C(C)C(=O)N1C[C@H]2CCCC[C@H]2C1. The lowest BCUT2D eigenvalue weighted by atomic mass is 9.82. The van der Waals surface area contributed by atoms with Gasteiger partial charge in [-0.1, -0.05) is 44.0 Å². The highest BCUT2D eigenvalue weighted by Crippen LogP contribution is 2.37. The van der Waals surface area contributed by atoms with Gasteiger partial charge >= 0.3 is 5.97 Å². The van der Waals surface area contributed by atoms with Gasteiger partial charge < -0.3 is 9.64 Å². The van der Waals surface area contributed by atoms with Crippen LogP contribution in [0.25, 0.3) is 0 Å². The molecule has 4 atom stereocenters. The minimum Gasteiger partial charge on any atom is -0.469 e. The molecular weight excluding hydrogens is 326 g/mol. The van der Waals surface area contributed by atoms with Gasteiger partial charge in [-0.2, -0.15) is 0 Å². The molecule has 1 saturated heterocycles. The van der Waals surface area contributed by atoms with Crippen molar-refractivity contribution in [2.45, 2.75) is 46.0 Å². The number of benzene rings is 1. The maximum absolute atomic E-state index is 13.1. The summed E-state index contributed by atoms with van der Waals surface area (Å²) < 4.78 is 5.04. The number of likely N-dealkylation sites (tertiary alicyclic amines) is 1. The molecule has 1 aromatic carbocycles. The molecule has 1 amide bonds. The summed E-state index contributed by atoms with van der Waals surface area (Å²) >= 11 is 0. The standard InChI is InChI=1S/C22H31NO3/c1-15-8-4-5-9-17(15)12-20(22(25)26-3)16(2)21(24)23-13-18-10-6-7-11-19(18)14-23/h4-5,8-9,16,18-20H,6-7,10-14H2,1-3H3/t16?,18-,19+,20?. The minimum absolute atomic E-state index is 0.114. The van der Waals surface area contributed by atoms with Crippen molar-refractivity contribution in [2.24, 2.45) is 23.7 Å². The third-order valence-corrected chi connectivity index (χ3v) is 6.49. The molecule has 1 saturated carbocycles. The van der Waals surface area contributed by atoms with E-state index in [9.17, 15) is 9.59 Å². The van der Waals surface area contributed by atoms with E-state index in [0.29, 0.717) is 18.3 Å². The van der Waals surface area contributed by atoms with Crippen molar-refractivity contribution in [1.82, 2.24) is 4.90 Å². The van der Waals surface area contributed by atoms with E-state index in [1.807, 2.05) is 43.0 Å². The van der Waals surface area contributed by atoms with Crippen LogP contribution in [0.3, 0.4) is 0 Å². The number of nitrogens with zero attached hydrogens (tertiary/aromatic N) is 1. The van der Waals surface area contributed by atoms with Gasteiger partial charge in [0.1, 0.15) is 0 Å². The van der Waals surface area contributed by atoms with E-state index in [0.717, 1.165) is 24.2 Å². The number of ether oxygens (including phenoxy) is 1. The molecule has 0 bridgehead atoms. The molecule has 2 unspecified atom stereocenters. The van der Waals surface area contributed by atoms with Crippen LogP contribution in [0.1, 0.15) is 43.7 Å². The summed E-state index contributed by atoms with van der Waals surface area (Å²) in [6.07, 6.45) is 5.61. The number of aryl methyl sites for hydroxylation is 1. The van der Waals surface area contributed by atoms with Gasteiger partial charge in [-0.3, -0.25) is 9.59 Å². The fourth-order valence-electron chi connectivity index (χ4n) is 4.74. The highest BCUT2D eigenvalue weighted by atomic mass is 16.5. The van der Waals surface area contributed by atoms with Crippen molar-refractivity contribution >= 4 is 11.9 Å². The van der Waals surface area contributed by atoms with E-state index in [-0.39, 0.29) is 17.8 Å². The molecule has 0 aromatic heterocycles. The van der Waals surface area contributed by atoms with Gasteiger partial charge in [-0.05, 0) is 49.1 Å². The molecule has 3 rings (SSSR count). The van der Waals surface area contributed by atoms with Crippen molar-refractivity contribution < 1.29 is 14.3 Å². The Morgan fingerprint density at radius 1 is 1.15 bits per heavy atom. The number of methoxy groups -OCH3 is 1. The lowest BCUT2D eigenvalue weighted by molar-refractivity contribution is -0.152. The zero-order valence-electron chi connectivity index (χ0n) is 16.2. The minimum atomic E-state index is -0.434. The fraction of sp³-hybridized carbons (Fsp3) is 0.636. The van der Waals surface area contributed by atoms with E-state index in [4.69, 9.17) is 4.74 Å². The number of hydrogen-bond donors (Lipinski definition) is 0. The van der Waals surface area contributed by atoms with Crippen molar-refractivity contribution in [3.8, 4) is 0 Å². The van der Waals surface area contributed by atoms with Crippen LogP contribution in [-0.2, 0) is 20.7 Å². The number of hydrogen-bond acceptors (Lipinski definition) is 3. The topological polar surface area (TPSA) is 46.6 Å². The largest absolute Gasteiger partial charge is 0.469 e. The Kier molecular flexibility index (Phi) is 6.00. The van der Waals surface area contributed by atoms with Gasteiger partial charge in [0.05, 0.1) is 13.0 Å². The van der Waals surface area contributed by atoms with Crippen LogP contribution >= 0.6 is 0 Å². The Labute approximate surface area is 156 Å². The Balaban J connectivity index is 1.72. The number of rotatable bonds is 5. The average Bonchev–Trinajstić information content (AvgIpc) is 3.10. The molecule has 1 heterocycles. The first kappa shape index (κ1) is 18.9. The van der Waals surface area contributed by atoms with Crippen molar-refractivity contribution in [3.05, 3.63) is 35.4 Å². The summed E-state index contributed by atoms with van der Waals surface area (Å²) in [4.78, 5) is 27.6. The van der Waals surface area contributed by atoms with Gasteiger partial charge in [0.25, 0.3) is 0 Å². The second-order valence-electron chi connectivity index (χ2n) is 8.10. The lowest BCUT2D eigenvalue weighted by Crippen LogP contribution is -2.40. The number of carbonyl (C=O) groups is 2. The molecule has 1 aliphatic heterocycles. The summed E-state index contributed by atoms with van der Waals surface area (Å²) in [6, 6.07) is 8.05. The van der Waals surface area contributed by atoms with Crippen LogP contribution in [0.4, 0.5) is 0 Å². The van der Waals surface area contributed by atoms with E-state index < -0.39 is 5.92 Å². The molecule has 0 radical (unpaired) electrons. The van der Waals surface area contributed by atoms with E-state index in [1.54, 1.807) is 0 Å². The van der Waals surface area contributed by atoms with Gasteiger partial charge in [0.2, 0.25) is 5.91 Å². The molecule has 26 heavy (non-hydrogen) atoms. The second kappa shape index (κ2) is 8.24. The zero-order valence-corrected chi connectivity index (χ0v) is 16.2. The molecule has 4 nitrogen and oxygen atoms in total. The first-order valence-corrected chi connectivity index (χ1v) is 9.92. The predicted octanol–water partition coefficient (Wildman–Crippen LogP) is 3.61. The van der Waals surface area contributed by atoms with E-state index in [1.165, 1.54) is 32.8 Å². The summed E-state index contributed by atoms with van der Waals surface area (Å²) in [5, 5.41) is 0. The molecule has 1 aromatic rings. The number of carbonyl (C=O) groups excluding carboxylic acids is 2. The maximum Gasteiger partial charge on any atom is 0.309 e. The second-order valence-corrected chi connectivity index (χ2v) is 8.10. The fourth-order valence-corrected chi connectivity index (χ4v) is 4.74. The highest BCUT2D eigenvalue weighted by molar-refractivity contribution is 5.85. The van der Waals surface area contributed by atoms with Crippen molar-refractivity contribution in [3.63, 3.8) is 0 Å². The third kappa shape index (κ3) is 3.94. The molecular formula is C22H31NO3. The van der Waals surface area contributed by atoms with Crippen LogP contribution in [-0.4, -0.2) is 37.0 Å². The lowest BCUT2D eigenvalue weighted by Gasteiger charge is -2.26. The number of fused-ring (bicyclic) bond motifs is 1.